The van der Waals surface area contributed by atoms with Crippen molar-refractivity contribution in [3.8, 4) is 0 Å². The molecule has 0 aromatic carbocycles. The zero-order valence-electron chi connectivity index (χ0n) is 5.39. The summed E-state index contributed by atoms with van der Waals surface area (Å²) in [6.45, 7) is 4.09. The van der Waals surface area contributed by atoms with E-state index < -0.39 is 0 Å². The van der Waals surface area contributed by atoms with E-state index in [1.54, 1.807) is 0 Å². The molecule has 0 aromatic rings. The Hall–Kier alpha value is -0.790. The molecule has 0 saturated heterocycles. The Bertz CT molecular complexity index is 103. The van der Waals surface area contributed by atoms with Gasteiger partial charge in [0.15, 0.2) is 6.21 Å². The molecule has 0 aliphatic heterocycles. The summed E-state index contributed by atoms with van der Waals surface area (Å²) in [5.74, 6) is 0.435. The monoisotopic (exact) mass is 113 g/mol. The van der Waals surface area contributed by atoms with Gasteiger partial charge in [-0.2, -0.15) is 0 Å². The minimum atomic E-state index is 0.435. The highest BCUT2D eigenvalue weighted by Gasteiger charge is 1.98. The fraction of sp³-hybridized carbons (Fsp3) is 0.500. The van der Waals surface area contributed by atoms with Crippen molar-refractivity contribution in [3.63, 3.8) is 0 Å². The molecule has 46 valence electrons. The first kappa shape index (κ1) is 7.21. The molecule has 0 atom stereocenters. The zero-order valence-corrected chi connectivity index (χ0v) is 5.39. The lowest BCUT2D eigenvalue weighted by molar-refractivity contribution is -0.105. The van der Waals surface area contributed by atoms with E-state index in [-0.39, 0.29) is 0 Å². The number of nitrogens with two attached hydrogens (primary N) is 2. The van der Waals surface area contributed by atoms with Gasteiger partial charge in [0.1, 0.15) is 0 Å². The van der Waals surface area contributed by atoms with Crippen molar-refractivity contribution in [3.05, 3.63) is 11.8 Å². The van der Waals surface area contributed by atoms with Gasteiger partial charge in [-0.25, -0.2) is 0 Å². The highest BCUT2D eigenvalue weighted by molar-refractivity contribution is 5.73. The number of hydrogen-bond acceptors (Lipinski definition) is 1. The fourth-order valence-corrected chi connectivity index (χ4v) is 0.440. The average Bonchev–Trinajstić information content (AvgIpc) is 1.69. The molecule has 0 spiro atoms. The Labute approximate surface area is 49.9 Å². The van der Waals surface area contributed by atoms with Crippen LogP contribution in [0, 0.1) is 5.92 Å². The van der Waals surface area contributed by atoms with Gasteiger partial charge in [-0.3, -0.25) is 5.41 Å². The maximum atomic E-state index is 5.21. The van der Waals surface area contributed by atoms with E-state index in [0.29, 0.717) is 5.92 Å². The lowest BCUT2D eigenvalue weighted by Gasteiger charge is -1.97. The Balaban J connectivity index is 3.91. The topological polar surface area (TPSA) is 51.6 Å². The molecular weight excluding hydrogens is 100 g/mol. The van der Waals surface area contributed by atoms with E-state index in [2.05, 4.69) is 0 Å². The molecule has 0 aliphatic carbocycles. The molecule has 0 heterocycles. The van der Waals surface area contributed by atoms with Gasteiger partial charge < -0.3 is 5.73 Å². The summed E-state index contributed by atoms with van der Waals surface area (Å²) < 4.78 is 0. The van der Waals surface area contributed by atoms with E-state index >= 15 is 0 Å². The maximum Gasteiger partial charge on any atom is 0.165 e. The quantitative estimate of drug-likeness (QED) is 0.458. The Morgan fingerprint density at radius 3 is 2.12 bits per heavy atom. The van der Waals surface area contributed by atoms with Crippen LogP contribution >= 0.6 is 0 Å². The SMILES string of the molecule is CC(C)/C(C=[NH2+])=C/N. The lowest BCUT2D eigenvalue weighted by Crippen LogP contribution is -2.31. The molecule has 4 N–H and O–H groups in total. The van der Waals surface area contributed by atoms with Crippen LogP contribution in [0.1, 0.15) is 13.8 Å². The summed E-state index contributed by atoms with van der Waals surface area (Å²) in [7, 11) is 0. The Morgan fingerprint density at radius 1 is 1.62 bits per heavy atom. The molecule has 2 nitrogen and oxygen atoms in total. The van der Waals surface area contributed by atoms with Crippen LogP contribution in [0.15, 0.2) is 11.8 Å². The smallest absolute Gasteiger partial charge is 0.165 e. The van der Waals surface area contributed by atoms with Gasteiger partial charge in [0.2, 0.25) is 0 Å². The molecule has 0 saturated carbocycles. The minimum Gasteiger partial charge on any atom is -0.404 e. The van der Waals surface area contributed by atoms with Crippen molar-refractivity contribution < 1.29 is 5.41 Å². The first-order valence-corrected chi connectivity index (χ1v) is 2.69. The molecule has 0 amide bonds. The highest BCUT2D eigenvalue weighted by Crippen LogP contribution is 2.01. The second-order valence-corrected chi connectivity index (χ2v) is 1.99. The van der Waals surface area contributed by atoms with Crippen LogP contribution < -0.4 is 11.1 Å². The molecule has 0 unspecified atom stereocenters. The second kappa shape index (κ2) is 3.24. The van der Waals surface area contributed by atoms with Crippen molar-refractivity contribution in [2.45, 2.75) is 13.8 Å². The van der Waals surface area contributed by atoms with Crippen molar-refractivity contribution in [2.75, 3.05) is 0 Å². The molecule has 0 bridgehead atoms. The highest BCUT2D eigenvalue weighted by atomic mass is 14.5. The third-order valence-corrected chi connectivity index (χ3v) is 1.05. The number of allylic oxidation sites excluding steroid dienone is 1. The third-order valence-electron chi connectivity index (χ3n) is 1.05. The molecular formula is C6H13N2+. The van der Waals surface area contributed by atoms with Crippen LogP contribution in [0.2, 0.25) is 0 Å². The van der Waals surface area contributed by atoms with Gasteiger partial charge in [-0.05, 0) is 5.92 Å². The minimum absolute atomic E-state index is 0.435. The molecule has 8 heavy (non-hydrogen) atoms. The van der Waals surface area contributed by atoms with Crippen molar-refractivity contribution in [1.82, 2.24) is 0 Å². The van der Waals surface area contributed by atoms with Crippen LogP contribution in [-0.4, -0.2) is 6.21 Å². The second-order valence-electron chi connectivity index (χ2n) is 1.99. The largest absolute Gasteiger partial charge is 0.404 e. The molecule has 0 rings (SSSR count). The lowest BCUT2D eigenvalue weighted by atomic mass is 10.1. The van der Waals surface area contributed by atoms with Crippen LogP contribution in [0.25, 0.3) is 0 Å². The standard InChI is InChI=1S/C6H12N2/c1-5(2)6(3-7)4-8/h3-5,7H,8H2,1-2H3/p+1/b6-4+,7-3?. The molecule has 0 fully saturated rings. The van der Waals surface area contributed by atoms with Crippen LogP contribution in [0.4, 0.5) is 0 Å². The van der Waals surface area contributed by atoms with Gasteiger partial charge in [-0.15, -0.1) is 0 Å². The summed E-state index contributed by atoms with van der Waals surface area (Å²) in [4.78, 5) is 0. The summed E-state index contributed by atoms with van der Waals surface area (Å²) in [5.41, 5.74) is 6.20. The number of hydrogen-bond donors (Lipinski definition) is 2. The van der Waals surface area contributed by atoms with Gasteiger partial charge in [0.05, 0.1) is 0 Å². The summed E-state index contributed by atoms with van der Waals surface area (Å²) in [6, 6.07) is 0. The van der Waals surface area contributed by atoms with E-state index in [4.69, 9.17) is 11.1 Å². The van der Waals surface area contributed by atoms with Crippen LogP contribution in [0.3, 0.4) is 0 Å². The molecule has 0 radical (unpaired) electrons. The Kier molecular flexibility index (Phi) is 2.92. The Morgan fingerprint density at radius 2 is 2.12 bits per heavy atom. The summed E-state index contributed by atoms with van der Waals surface area (Å²) in [6.07, 6.45) is 3.06. The maximum absolute atomic E-state index is 5.21. The third kappa shape index (κ3) is 1.78. The first-order valence-electron chi connectivity index (χ1n) is 2.69. The first-order chi connectivity index (χ1) is 3.72. The van der Waals surface area contributed by atoms with Gasteiger partial charge in [0.25, 0.3) is 0 Å². The molecule has 0 aliphatic rings. The molecule has 2 heteroatoms. The summed E-state index contributed by atoms with van der Waals surface area (Å²) >= 11 is 0. The van der Waals surface area contributed by atoms with Gasteiger partial charge >= 0.3 is 0 Å². The van der Waals surface area contributed by atoms with E-state index in [1.165, 1.54) is 12.4 Å². The zero-order chi connectivity index (χ0) is 6.57. The molecule has 0 aromatic heterocycles. The fourth-order valence-electron chi connectivity index (χ4n) is 0.440. The van der Waals surface area contributed by atoms with Crippen molar-refractivity contribution in [1.29, 1.82) is 0 Å². The predicted octanol–water partition coefficient (Wildman–Crippen LogP) is -0.685. The van der Waals surface area contributed by atoms with Gasteiger partial charge in [-0.1, -0.05) is 13.8 Å². The van der Waals surface area contributed by atoms with Crippen molar-refractivity contribution in [2.24, 2.45) is 11.7 Å². The predicted molar refractivity (Wildman–Crippen MR) is 35.1 cm³/mol. The van der Waals surface area contributed by atoms with E-state index in [9.17, 15) is 0 Å². The summed E-state index contributed by atoms with van der Waals surface area (Å²) in [5, 5.41) is 5.21. The van der Waals surface area contributed by atoms with Crippen LogP contribution in [-0.2, 0) is 0 Å². The normalized spacial score (nSPS) is 12.1. The van der Waals surface area contributed by atoms with E-state index in [0.717, 1.165) is 5.57 Å². The van der Waals surface area contributed by atoms with Crippen LogP contribution in [0.5, 0.6) is 0 Å². The van der Waals surface area contributed by atoms with Crippen molar-refractivity contribution >= 4 is 6.21 Å². The average molecular weight is 113 g/mol. The van der Waals surface area contributed by atoms with E-state index in [1.807, 2.05) is 13.8 Å². The number of rotatable bonds is 2. The van der Waals surface area contributed by atoms with Gasteiger partial charge in [0, 0.05) is 11.8 Å².